The van der Waals surface area contributed by atoms with E-state index >= 15 is 0 Å². The summed E-state index contributed by atoms with van der Waals surface area (Å²) in [5.41, 5.74) is 1.12. The molecule has 4 heteroatoms. The fraction of sp³-hybridized carbons (Fsp3) is 0.231. The molecular formula is C13H13Cl2NS. The molecule has 0 bridgehead atoms. The summed E-state index contributed by atoms with van der Waals surface area (Å²) in [6.07, 6.45) is 1.06. The lowest BCUT2D eigenvalue weighted by atomic mass is 10.2. The van der Waals surface area contributed by atoms with Crippen LogP contribution in [0.4, 0.5) is 0 Å². The Hall–Kier alpha value is -0.540. The van der Waals surface area contributed by atoms with Gasteiger partial charge in [-0.1, -0.05) is 29.3 Å². The summed E-state index contributed by atoms with van der Waals surface area (Å²) in [5, 5.41) is 6.86. The Morgan fingerprint density at radius 2 is 1.88 bits per heavy atom. The molecule has 0 fully saturated rings. The van der Waals surface area contributed by atoms with E-state index in [0.29, 0.717) is 10.0 Å². The van der Waals surface area contributed by atoms with Crippen molar-refractivity contribution in [3.8, 4) is 0 Å². The van der Waals surface area contributed by atoms with Crippen LogP contribution in [-0.2, 0) is 13.0 Å². The smallest absolute Gasteiger partial charge is 0.0424 e. The van der Waals surface area contributed by atoms with Gasteiger partial charge in [0.2, 0.25) is 0 Å². The van der Waals surface area contributed by atoms with Gasteiger partial charge in [0.05, 0.1) is 0 Å². The third kappa shape index (κ3) is 4.32. The van der Waals surface area contributed by atoms with Crippen LogP contribution < -0.4 is 5.32 Å². The molecule has 0 saturated heterocycles. The van der Waals surface area contributed by atoms with Crippen molar-refractivity contribution in [2.45, 2.75) is 13.0 Å². The molecule has 2 rings (SSSR count). The minimum Gasteiger partial charge on any atom is -0.312 e. The Kier molecular flexibility index (Phi) is 4.86. The van der Waals surface area contributed by atoms with Crippen LogP contribution in [0.3, 0.4) is 0 Å². The lowest BCUT2D eigenvalue weighted by Gasteiger charge is -2.05. The van der Waals surface area contributed by atoms with E-state index in [2.05, 4.69) is 22.8 Å². The maximum atomic E-state index is 5.93. The zero-order chi connectivity index (χ0) is 12.1. The standard InChI is InChI=1S/C13H13Cl2NS/c14-11-6-10(7-12(15)8-11)9-16-4-3-13-2-1-5-17-13/h1-2,5-8,16H,3-4,9H2. The van der Waals surface area contributed by atoms with E-state index in [9.17, 15) is 0 Å². The molecule has 0 aliphatic heterocycles. The predicted molar refractivity (Wildman–Crippen MR) is 76.2 cm³/mol. The largest absolute Gasteiger partial charge is 0.312 e. The number of thiophene rings is 1. The van der Waals surface area contributed by atoms with Gasteiger partial charge < -0.3 is 5.32 Å². The maximum absolute atomic E-state index is 5.93. The highest BCUT2D eigenvalue weighted by molar-refractivity contribution is 7.09. The fourth-order valence-electron chi connectivity index (χ4n) is 1.61. The van der Waals surface area contributed by atoms with Gasteiger partial charge in [-0.3, -0.25) is 0 Å². The predicted octanol–water partition coefficient (Wildman–Crippen LogP) is 4.39. The summed E-state index contributed by atoms with van der Waals surface area (Å²) in [5.74, 6) is 0. The number of hydrogen-bond acceptors (Lipinski definition) is 2. The van der Waals surface area contributed by atoms with Crippen LogP contribution in [0, 0.1) is 0 Å². The first kappa shape index (κ1) is 12.9. The number of hydrogen-bond donors (Lipinski definition) is 1. The lowest BCUT2D eigenvalue weighted by Crippen LogP contribution is -2.16. The molecule has 1 aromatic heterocycles. The van der Waals surface area contributed by atoms with Gasteiger partial charge in [-0.2, -0.15) is 0 Å². The molecule has 2 aromatic rings. The average molecular weight is 286 g/mol. The van der Waals surface area contributed by atoms with E-state index in [1.807, 2.05) is 12.1 Å². The van der Waals surface area contributed by atoms with Crippen LogP contribution in [0.15, 0.2) is 35.7 Å². The number of benzene rings is 1. The van der Waals surface area contributed by atoms with Crippen molar-refractivity contribution in [1.29, 1.82) is 0 Å². The zero-order valence-corrected chi connectivity index (χ0v) is 11.6. The summed E-state index contributed by atoms with van der Waals surface area (Å²) in [7, 11) is 0. The first-order valence-electron chi connectivity index (χ1n) is 5.42. The minimum atomic E-state index is 0.688. The molecule has 0 amide bonds. The van der Waals surface area contributed by atoms with Gasteiger partial charge in [0.25, 0.3) is 0 Å². The molecule has 1 aromatic carbocycles. The van der Waals surface area contributed by atoms with E-state index in [4.69, 9.17) is 23.2 Å². The summed E-state index contributed by atoms with van der Waals surface area (Å²) in [6, 6.07) is 9.86. The van der Waals surface area contributed by atoms with E-state index in [-0.39, 0.29) is 0 Å². The quantitative estimate of drug-likeness (QED) is 0.804. The van der Waals surface area contributed by atoms with Crippen LogP contribution in [0.25, 0.3) is 0 Å². The van der Waals surface area contributed by atoms with Crippen molar-refractivity contribution in [2.24, 2.45) is 0 Å². The van der Waals surface area contributed by atoms with Gasteiger partial charge in [-0.25, -0.2) is 0 Å². The second kappa shape index (κ2) is 6.41. The van der Waals surface area contributed by atoms with Crippen molar-refractivity contribution < 1.29 is 0 Å². The highest BCUT2D eigenvalue weighted by atomic mass is 35.5. The van der Waals surface area contributed by atoms with Crippen LogP contribution >= 0.6 is 34.5 Å². The van der Waals surface area contributed by atoms with E-state index in [1.54, 1.807) is 17.4 Å². The Bertz CT molecular complexity index is 448. The van der Waals surface area contributed by atoms with Crippen molar-refractivity contribution in [1.82, 2.24) is 5.32 Å². The van der Waals surface area contributed by atoms with E-state index in [1.165, 1.54) is 4.88 Å². The van der Waals surface area contributed by atoms with Gasteiger partial charge in [0.15, 0.2) is 0 Å². The van der Waals surface area contributed by atoms with Gasteiger partial charge in [0, 0.05) is 28.0 Å². The Balaban J connectivity index is 1.78. The van der Waals surface area contributed by atoms with Crippen molar-refractivity contribution >= 4 is 34.5 Å². The fourth-order valence-corrected chi connectivity index (χ4v) is 2.89. The summed E-state index contributed by atoms with van der Waals surface area (Å²) >= 11 is 13.7. The van der Waals surface area contributed by atoms with E-state index < -0.39 is 0 Å². The van der Waals surface area contributed by atoms with Crippen molar-refractivity contribution in [3.05, 3.63) is 56.2 Å². The Labute approximate surface area is 115 Å². The van der Waals surface area contributed by atoms with E-state index in [0.717, 1.165) is 25.1 Å². The molecule has 17 heavy (non-hydrogen) atoms. The third-order valence-corrected chi connectivity index (χ3v) is 3.75. The Morgan fingerprint density at radius 3 is 2.53 bits per heavy atom. The van der Waals surface area contributed by atoms with Crippen LogP contribution in [0.1, 0.15) is 10.4 Å². The minimum absolute atomic E-state index is 0.688. The normalized spacial score (nSPS) is 10.7. The Morgan fingerprint density at radius 1 is 1.12 bits per heavy atom. The molecule has 90 valence electrons. The lowest BCUT2D eigenvalue weighted by molar-refractivity contribution is 0.691. The number of rotatable bonds is 5. The SMILES string of the molecule is Clc1cc(Cl)cc(CNCCc2cccs2)c1. The number of nitrogens with one attached hydrogen (secondary N) is 1. The molecule has 0 atom stereocenters. The van der Waals surface area contributed by atoms with Gasteiger partial charge in [-0.15, -0.1) is 11.3 Å². The molecule has 0 unspecified atom stereocenters. The second-order valence-electron chi connectivity index (χ2n) is 3.78. The average Bonchev–Trinajstić information content (AvgIpc) is 2.76. The van der Waals surface area contributed by atoms with Crippen molar-refractivity contribution in [3.63, 3.8) is 0 Å². The first-order chi connectivity index (χ1) is 8.24. The van der Waals surface area contributed by atoms with Crippen LogP contribution in [0.5, 0.6) is 0 Å². The summed E-state index contributed by atoms with van der Waals surface area (Å²) in [6.45, 7) is 1.76. The maximum Gasteiger partial charge on any atom is 0.0424 e. The molecule has 1 nitrogen and oxygen atoms in total. The summed E-state index contributed by atoms with van der Waals surface area (Å²) in [4.78, 5) is 1.40. The molecule has 1 heterocycles. The topological polar surface area (TPSA) is 12.0 Å². The molecule has 0 aliphatic carbocycles. The molecule has 0 spiro atoms. The van der Waals surface area contributed by atoms with Crippen LogP contribution in [0.2, 0.25) is 10.0 Å². The highest BCUT2D eigenvalue weighted by Gasteiger charge is 1.98. The molecule has 1 N–H and O–H groups in total. The molecule has 0 aliphatic rings. The zero-order valence-electron chi connectivity index (χ0n) is 9.25. The summed E-state index contributed by atoms with van der Waals surface area (Å²) < 4.78 is 0. The number of halogens is 2. The molecule has 0 saturated carbocycles. The second-order valence-corrected chi connectivity index (χ2v) is 5.69. The third-order valence-electron chi connectivity index (χ3n) is 2.38. The monoisotopic (exact) mass is 285 g/mol. The van der Waals surface area contributed by atoms with Crippen molar-refractivity contribution in [2.75, 3.05) is 6.54 Å². The molecular weight excluding hydrogens is 273 g/mol. The molecule has 0 radical (unpaired) electrons. The van der Waals surface area contributed by atoms with Gasteiger partial charge in [-0.05, 0) is 41.6 Å². The van der Waals surface area contributed by atoms with Gasteiger partial charge in [0.1, 0.15) is 0 Å². The van der Waals surface area contributed by atoms with Gasteiger partial charge >= 0.3 is 0 Å². The highest BCUT2D eigenvalue weighted by Crippen LogP contribution is 2.18. The first-order valence-corrected chi connectivity index (χ1v) is 7.05. The van der Waals surface area contributed by atoms with Crippen LogP contribution in [-0.4, -0.2) is 6.54 Å².